The van der Waals surface area contributed by atoms with Crippen LogP contribution in [0, 0.1) is 0 Å². The normalized spacial score (nSPS) is 11.3. The van der Waals surface area contributed by atoms with Gasteiger partial charge >= 0.3 is 5.97 Å². The van der Waals surface area contributed by atoms with Crippen LogP contribution in [0.1, 0.15) is 15.9 Å². The molecule has 6 nitrogen and oxygen atoms in total. The van der Waals surface area contributed by atoms with Gasteiger partial charge in [-0.3, -0.25) is 0 Å². The van der Waals surface area contributed by atoms with Gasteiger partial charge in [0.05, 0.1) is 11.8 Å². The van der Waals surface area contributed by atoms with Crippen molar-refractivity contribution >= 4 is 21.7 Å². The lowest BCUT2D eigenvalue weighted by Crippen LogP contribution is -2.21. The van der Waals surface area contributed by atoms with E-state index in [1.165, 1.54) is 12.1 Å². The molecule has 0 aliphatic carbocycles. The van der Waals surface area contributed by atoms with E-state index in [2.05, 4.69) is 4.72 Å². The van der Waals surface area contributed by atoms with E-state index in [1.807, 2.05) is 0 Å². The molecule has 0 amide bonds. The molecule has 0 spiro atoms. The number of nitrogens with two attached hydrogens (primary N) is 1. The van der Waals surface area contributed by atoms with E-state index in [4.69, 9.17) is 10.8 Å². The maximum Gasteiger partial charge on any atom is 0.337 e. The molecule has 0 radical (unpaired) electrons. The van der Waals surface area contributed by atoms with Crippen LogP contribution in [0.5, 0.6) is 0 Å². The lowest BCUT2D eigenvalue weighted by atomic mass is 10.1. The number of benzene rings is 1. The Morgan fingerprint density at radius 2 is 2.12 bits per heavy atom. The summed E-state index contributed by atoms with van der Waals surface area (Å²) < 4.78 is 23.9. The molecule has 7 heteroatoms. The van der Waals surface area contributed by atoms with E-state index in [1.54, 1.807) is 6.07 Å². The molecule has 1 aromatic rings. The summed E-state index contributed by atoms with van der Waals surface area (Å²) in [6.07, 6.45) is 1.03. The Kier molecular flexibility index (Phi) is 3.51. The number of carboxylic acid groups (broad SMARTS) is 1. The SMILES string of the molecule is CS(=O)(=O)NCc1ccc(N)c(C(=O)O)c1. The van der Waals surface area contributed by atoms with Crippen molar-refractivity contribution in [2.75, 3.05) is 12.0 Å². The van der Waals surface area contributed by atoms with E-state index >= 15 is 0 Å². The van der Waals surface area contributed by atoms with Crippen molar-refractivity contribution < 1.29 is 18.3 Å². The summed E-state index contributed by atoms with van der Waals surface area (Å²) >= 11 is 0. The zero-order valence-electron chi connectivity index (χ0n) is 8.60. The molecule has 4 N–H and O–H groups in total. The predicted octanol–water partition coefficient (Wildman–Crippen LogP) is 0.0162. The average Bonchev–Trinajstić information content (AvgIpc) is 2.14. The Balaban J connectivity index is 2.91. The largest absolute Gasteiger partial charge is 0.478 e. The van der Waals surface area contributed by atoms with Crippen LogP contribution in [-0.2, 0) is 16.6 Å². The lowest BCUT2D eigenvalue weighted by molar-refractivity contribution is 0.0698. The van der Waals surface area contributed by atoms with Gasteiger partial charge in [0.25, 0.3) is 0 Å². The van der Waals surface area contributed by atoms with Crippen LogP contribution in [0.25, 0.3) is 0 Å². The smallest absolute Gasteiger partial charge is 0.337 e. The number of hydrogen-bond acceptors (Lipinski definition) is 4. The Morgan fingerprint density at radius 1 is 1.50 bits per heavy atom. The minimum atomic E-state index is -3.29. The Labute approximate surface area is 93.1 Å². The summed E-state index contributed by atoms with van der Waals surface area (Å²) in [5.74, 6) is -1.14. The van der Waals surface area contributed by atoms with Gasteiger partial charge in [-0.05, 0) is 17.7 Å². The van der Waals surface area contributed by atoms with E-state index in [9.17, 15) is 13.2 Å². The molecule has 0 aliphatic rings. The number of rotatable bonds is 4. The molecular formula is C9H12N2O4S. The van der Waals surface area contributed by atoms with Gasteiger partial charge in [-0.15, -0.1) is 0 Å². The maximum absolute atomic E-state index is 10.8. The summed E-state index contributed by atoms with van der Waals surface area (Å²) in [6.45, 7) is 0.0411. The molecule has 0 saturated carbocycles. The highest BCUT2D eigenvalue weighted by Gasteiger charge is 2.09. The molecule has 0 aliphatic heterocycles. The highest BCUT2D eigenvalue weighted by atomic mass is 32.2. The fourth-order valence-electron chi connectivity index (χ4n) is 1.11. The van der Waals surface area contributed by atoms with Gasteiger partial charge in [0.2, 0.25) is 10.0 Å². The fourth-order valence-corrected chi connectivity index (χ4v) is 1.54. The minimum absolute atomic E-state index is 0.0344. The van der Waals surface area contributed by atoms with Crippen molar-refractivity contribution in [3.8, 4) is 0 Å². The summed E-state index contributed by atoms with van der Waals surface area (Å²) in [5.41, 5.74) is 6.11. The van der Waals surface area contributed by atoms with Gasteiger partial charge in [-0.25, -0.2) is 17.9 Å². The molecule has 0 unspecified atom stereocenters. The highest BCUT2D eigenvalue weighted by molar-refractivity contribution is 7.88. The molecule has 1 aromatic carbocycles. The molecule has 0 atom stereocenters. The monoisotopic (exact) mass is 244 g/mol. The van der Waals surface area contributed by atoms with Gasteiger partial charge in [0.1, 0.15) is 0 Å². The summed E-state index contributed by atoms with van der Waals surface area (Å²) in [6, 6.07) is 4.35. The molecule has 0 aromatic heterocycles. The average molecular weight is 244 g/mol. The maximum atomic E-state index is 10.8. The number of carbonyl (C=O) groups is 1. The third-order valence-corrected chi connectivity index (χ3v) is 2.56. The van der Waals surface area contributed by atoms with Crippen LogP contribution in [0.4, 0.5) is 5.69 Å². The van der Waals surface area contributed by atoms with Crippen molar-refractivity contribution in [2.24, 2.45) is 0 Å². The molecule has 16 heavy (non-hydrogen) atoms. The van der Waals surface area contributed by atoms with Crippen LogP contribution >= 0.6 is 0 Å². The molecule has 0 fully saturated rings. The zero-order valence-corrected chi connectivity index (χ0v) is 9.41. The number of nitrogens with one attached hydrogen (secondary N) is 1. The van der Waals surface area contributed by atoms with Gasteiger partial charge in [0.15, 0.2) is 0 Å². The molecule has 0 bridgehead atoms. The van der Waals surface area contributed by atoms with Crippen LogP contribution in [0.3, 0.4) is 0 Å². The van der Waals surface area contributed by atoms with Crippen molar-refractivity contribution in [1.82, 2.24) is 4.72 Å². The summed E-state index contributed by atoms with van der Waals surface area (Å²) in [5, 5.41) is 8.80. The van der Waals surface area contributed by atoms with Crippen LogP contribution in [0.15, 0.2) is 18.2 Å². The summed E-state index contributed by atoms with van der Waals surface area (Å²) in [7, 11) is -3.29. The topological polar surface area (TPSA) is 109 Å². The first kappa shape index (κ1) is 12.5. The van der Waals surface area contributed by atoms with Crippen molar-refractivity contribution in [2.45, 2.75) is 6.54 Å². The quantitative estimate of drug-likeness (QED) is 0.647. The second-order valence-electron chi connectivity index (χ2n) is 3.32. The summed E-state index contributed by atoms with van der Waals surface area (Å²) in [4.78, 5) is 10.8. The standard InChI is InChI=1S/C9H12N2O4S/c1-16(14,15)11-5-6-2-3-8(10)7(4-6)9(12)13/h2-4,11H,5,10H2,1H3,(H,12,13). The number of hydrogen-bond donors (Lipinski definition) is 3. The van der Waals surface area contributed by atoms with E-state index in [0.29, 0.717) is 5.56 Å². The van der Waals surface area contributed by atoms with Gasteiger partial charge in [0, 0.05) is 12.2 Å². The third-order valence-electron chi connectivity index (χ3n) is 1.89. The van der Waals surface area contributed by atoms with E-state index < -0.39 is 16.0 Å². The first-order valence-corrected chi connectivity index (χ1v) is 6.25. The first-order valence-electron chi connectivity index (χ1n) is 4.36. The molecule has 88 valence electrons. The number of sulfonamides is 1. The zero-order chi connectivity index (χ0) is 12.3. The van der Waals surface area contributed by atoms with Crippen LogP contribution < -0.4 is 10.5 Å². The Bertz CT molecular complexity index is 510. The molecule has 0 saturated heterocycles. The van der Waals surface area contributed by atoms with Crippen LogP contribution in [0.2, 0.25) is 0 Å². The Morgan fingerprint density at radius 3 is 2.62 bits per heavy atom. The first-order chi connectivity index (χ1) is 7.29. The molecular weight excluding hydrogens is 232 g/mol. The number of aromatic carboxylic acids is 1. The number of nitrogen functional groups attached to an aromatic ring is 1. The van der Waals surface area contributed by atoms with Gasteiger partial charge in [-0.2, -0.15) is 0 Å². The fraction of sp³-hybridized carbons (Fsp3) is 0.222. The number of carboxylic acids is 1. The van der Waals surface area contributed by atoms with Gasteiger partial charge < -0.3 is 10.8 Å². The lowest BCUT2D eigenvalue weighted by Gasteiger charge is -2.05. The number of anilines is 1. The van der Waals surface area contributed by atoms with Crippen LogP contribution in [-0.4, -0.2) is 25.7 Å². The second-order valence-corrected chi connectivity index (χ2v) is 5.15. The van der Waals surface area contributed by atoms with E-state index in [0.717, 1.165) is 6.26 Å². The Hall–Kier alpha value is -1.60. The molecule has 0 heterocycles. The molecule has 1 rings (SSSR count). The van der Waals surface area contributed by atoms with Gasteiger partial charge in [-0.1, -0.05) is 6.07 Å². The second kappa shape index (κ2) is 4.50. The third kappa shape index (κ3) is 3.52. The van der Waals surface area contributed by atoms with Crippen molar-refractivity contribution in [3.05, 3.63) is 29.3 Å². The highest BCUT2D eigenvalue weighted by Crippen LogP contribution is 2.14. The predicted molar refractivity (Wildman–Crippen MR) is 59.5 cm³/mol. The van der Waals surface area contributed by atoms with Crippen molar-refractivity contribution in [3.63, 3.8) is 0 Å². The van der Waals surface area contributed by atoms with E-state index in [-0.39, 0.29) is 17.8 Å². The van der Waals surface area contributed by atoms with Crippen molar-refractivity contribution in [1.29, 1.82) is 0 Å². The minimum Gasteiger partial charge on any atom is -0.478 e.